The predicted octanol–water partition coefficient (Wildman–Crippen LogP) is 3.24. The van der Waals surface area contributed by atoms with Gasteiger partial charge in [0.05, 0.1) is 17.1 Å². The molecule has 21 heavy (non-hydrogen) atoms. The summed E-state index contributed by atoms with van der Waals surface area (Å²) in [4.78, 5) is 20.5. The first-order valence-corrected chi connectivity index (χ1v) is 5.56. The van der Waals surface area contributed by atoms with Crippen molar-refractivity contribution < 1.29 is 32.0 Å². The van der Waals surface area contributed by atoms with E-state index in [-0.39, 0.29) is 12.7 Å². The fourth-order valence-electron chi connectivity index (χ4n) is 1.45. The minimum Gasteiger partial charge on any atom is -0.463 e. The number of hydrogen-bond acceptors (Lipinski definition) is 4. The molecule has 0 aliphatic heterocycles. The van der Waals surface area contributed by atoms with Gasteiger partial charge in [-0.3, -0.25) is 10.1 Å². The number of halogens is 4. The van der Waals surface area contributed by atoms with E-state index in [1.807, 2.05) is 0 Å². The minimum atomic E-state index is -4.96. The number of carbonyl (C=O) groups is 1. The molecule has 0 atom stereocenters. The lowest BCUT2D eigenvalue weighted by Gasteiger charge is -2.12. The Morgan fingerprint density at radius 2 is 2.05 bits per heavy atom. The standard InChI is InChI=1S/C12H9F4NO4/c1-2-21-11(18)6-8(12(14,15)16)7-3-4-9(13)10(5-7)17(19)20/h3-6H,2H2,1H3/b8-6+. The largest absolute Gasteiger partial charge is 0.463 e. The molecule has 0 unspecified atom stereocenters. The van der Waals surface area contributed by atoms with Crippen molar-refractivity contribution >= 4 is 17.2 Å². The summed E-state index contributed by atoms with van der Waals surface area (Å²) in [6.45, 7) is 1.27. The third-order valence-electron chi connectivity index (χ3n) is 2.31. The van der Waals surface area contributed by atoms with Gasteiger partial charge >= 0.3 is 17.8 Å². The summed E-state index contributed by atoms with van der Waals surface area (Å²) in [5, 5.41) is 10.5. The molecule has 0 spiro atoms. The van der Waals surface area contributed by atoms with E-state index in [0.717, 1.165) is 0 Å². The van der Waals surface area contributed by atoms with Crippen molar-refractivity contribution in [3.63, 3.8) is 0 Å². The van der Waals surface area contributed by atoms with Gasteiger partial charge in [0, 0.05) is 12.1 Å². The maximum Gasteiger partial charge on any atom is 0.417 e. The molecule has 0 aromatic heterocycles. The Morgan fingerprint density at radius 3 is 2.52 bits per heavy atom. The average Bonchev–Trinajstić information content (AvgIpc) is 2.35. The average molecular weight is 307 g/mol. The zero-order valence-corrected chi connectivity index (χ0v) is 10.6. The van der Waals surface area contributed by atoms with Gasteiger partial charge in [0.1, 0.15) is 0 Å². The SMILES string of the molecule is CCOC(=O)/C=C(\c1ccc(F)c([N+](=O)[O-])c1)C(F)(F)F. The number of hydrogen-bond donors (Lipinski definition) is 0. The lowest BCUT2D eigenvalue weighted by atomic mass is 10.0. The molecule has 0 aliphatic rings. The highest BCUT2D eigenvalue weighted by Gasteiger charge is 2.36. The Bertz CT molecular complexity index is 595. The van der Waals surface area contributed by atoms with Gasteiger partial charge in [-0.05, 0) is 18.6 Å². The number of benzene rings is 1. The lowest BCUT2D eigenvalue weighted by Crippen LogP contribution is -2.14. The Labute approximate surface area is 116 Å². The molecule has 0 amide bonds. The molecule has 0 fully saturated rings. The van der Waals surface area contributed by atoms with Gasteiger partial charge in [0.25, 0.3) is 0 Å². The van der Waals surface area contributed by atoms with Gasteiger partial charge in [0.2, 0.25) is 5.82 Å². The first-order chi connectivity index (χ1) is 9.66. The number of nitrogens with zero attached hydrogens (tertiary/aromatic N) is 1. The van der Waals surface area contributed by atoms with Gasteiger partial charge in [-0.25, -0.2) is 4.79 Å². The summed E-state index contributed by atoms with van der Waals surface area (Å²) in [7, 11) is 0. The number of esters is 1. The zero-order valence-electron chi connectivity index (χ0n) is 10.6. The maximum absolute atomic E-state index is 13.1. The van der Waals surface area contributed by atoms with Crippen LogP contribution in [0.2, 0.25) is 0 Å². The fourth-order valence-corrected chi connectivity index (χ4v) is 1.45. The van der Waals surface area contributed by atoms with E-state index in [1.54, 1.807) is 0 Å². The van der Waals surface area contributed by atoms with E-state index in [2.05, 4.69) is 4.74 Å². The Balaban J connectivity index is 3.38. The van der Waals surface area contributed by atoms with E-state index in [4.69, 9.17) is 0 Å². The second-order valence-electron chi connectivity index (χ2n) is 3.73. The summed E-state index contributed by atoms with van der Waals surface area (Å²) in [5.41, 5.74) is -3.28. The van der Waals surface area contributed by atoms with Crippen LogP contribution in [0.15, 0.2) is 24.3 Å². The Kier molecular flexibility index (Phi) is 5.01. The first kappa shape index (κ1) is 16.6. The monoisotopic (exact) mass is 307 g/mol. The summed E-state index contributed by atoms with van der Waals surface area (Å²) in [6.07, 6.45) is -4.79. The number of nitro groups is 1. The number of ether oxygens (including phenoxy) is 1. The van der Waals surface area contributed by atoms with Gasteiger partial charge in [0.15, 0.2) is 0 Å². The van der Waals surface area contributed by atoms with Crippen LogP contribution in [0, 0.1) is 15.9 Å². The number of nitro benzene ring substituents is 1. The van der Waals surface area contributed by atoms with Gasteiger partial charge in [-0.15, -0.1) is 0 Å². The molecule has 0 saturated heterocycles. The molecule has 1 rings (SSSR count). The van der Waals surface area contributed by atoms with Crippen LogP contribution in [-0.2, 0) is 9.53 Å². The molecule has 0 aliphatic carbocycles. The molecule has 5 nitrogen and oxygen atoms in total. The topological polar surface area (TPSA) is 69.4 Å². The van der Waals surface area contributed by atoms with Crippen LogP contribution in [0.25, 0.3) is 5.57 Å². The Morgan fingerprint density at radius 1 is 1.43 bits per heavy atom. The van der Waals surface area contributed by atoms with E-state index in [1.165, 1.54) is 6.92 Å². The van der Waals surface area contributed by atoms with Gasteiger partial charge < -0.3 is 4.74 Å². The van der Waals surface area contributed by atoms with Crippen molar-refractivity contribution in [2.24, 2.45) is 0 Å². The highest BCUT2D eigenvalue weighted by atomic mass is 19.4. The zero-order chi connectivity index (χ0) is 16.2. The van der Waals surface area contributed by atoms with Crippen LogP contribution in [0.1, 0.15) is 12.5 Å². The van der Waals surface area contributed by atoms with Crippen LogP contribution in [0.3, 0.4) is 0 Å². The van der Waals surface area contributed by atoms with E-state index >= 15 is 0 Å². The van der Waals surface area contributed by atoms with Crippen molar-refractivity contribution in [1.82, 2.24) is 0 Å². The third-order valence-corrected chi connectivity index (χ3v) is 2.31. The van der Waals surface area contributed by atoms with Crippen molar-refractivity contribution in [1.29, 1.82) is 0 Å². The third kappa shape index (κ3) is 4.26. The predicted molar refractivity (Wildman–Crippen MR) is 63.7 cm³/mol. The summed E-state index contributed by atoms with van der Waals surface area (Å²) >= 11 is 0. The summed E-state index contributed by atoms with van der Waals surface area (Å²) in [6, 6.07) is 1.63. The lowest BCUT2D eigenvalue weighted by molar-refractivity contribution is -0.387. The summed E-state index contributed by atoms with van der Waals surface area (Å²) in [5.74, 6) is -2.53. The van der Waals surface area contributed by atoms with Crippen LogP contribution in [0.5, 0.6) is 0 Å². The van der Waals surface area contributed by atoms with Crippen LogP contribution in [0.4, 0.5) is 23.2 Å². The van der Waals surface area contributed by atoms with Gasteiger partial charge in [-0.2, -0.15) is 17.6 Å². The highest BCUT2D eigenvalue weighted by Crippen LogP contribution is 2.35. The number of rotatable bonds is 4. The van der Waals surface area contributed by atoms with E-state index in [9.17, 15) is 32.5 Å². The van der Waals surface area contributed by atoms with Crippen LogP contribution >= 0.6 is 0 Å². The molecule has 9 heteroatoms. The van der Waals surface area contributed by atoms with Crippen LogP contribution < -0.4 is 0 Å². The molecule has 114 valence electrons. The molecule has 1 aromatic carbocycles. The molecular formula is C12H9F4NO4. The number of alkyl halides is 3. The first-order valence-electron chi connectivity index (χ1n) is 5.56. The van der Waals surface area contributed by atoms with Crippen molar-refractivity contribution in [2.75, 3.05) is 6.61 Å². The van der Waals surface area contributed by atoms with Gasteiger partial charge in [-0.1, -0.05) is 6.07 Å². The highest BCUT2D eigenvalue weighted by molar-refractivity contribution is 5.92. The van der Waals surface area contributed by atoms with Crippen molar-refractivity contribution in [3.8, 4) is 0 Å². The van der Waals surface area contributed by atoms with Crippen LogP contribution in [-0.4, -0.2) is 23.7 Å². The molecular weight excluding hydrogens is 298 g/mol. The van der Waals surface area contributed by atoms with Crippen molar-refractivity contribution in [2.45, 2.75) is 13.1 Å². The van der Waals surface area contributed by atoms with Crippen molar-refractivity contribution in [3.05, 3.63) is 45.8 Å². The second-order valence-corrected chi connectivity index (χ2v) is 3.73. The molecule has 0 saturated carbocycles. The van der Waals surface area contributed by atoms with E-state index in [0.29, 0.717) is 18.2 Å². The number of allylic oxidation sites excluding steroid dienone is 1. The number of carbonyl (C=O) groups excluding carboxylic acids is 1. The minimum absolute atomic E-state index is 0.135. The quantitative estimate of drug-likeness (QED) is 0.281. The molecule has 0 heterocycles. The molecule has 0 bridgehead atoms. The second kappa shape index (κ2) is 6.33. The molecule has 1 aromatic rings. The maximum atomic E-state index is 13.1. The molecule has 0 radical (unpaired) electrons. The fraction of sp³-hybridized carbons (Fsp3) is 0.250. The van der Waals surface area contributed by atoms with E-state index < -0.39 is 39.7 Å². The molecule has 0 N–H and O–H groups in total. The normalized spacial score (nSPS) is 12.1. The summed E-state index contributed by atoms with van der Waals surface area (Å²) < 4.78 is 56.2. The Hall–Kier alpha value is -2.45. The smallest absolute Gasteiger partial charge is 0.417 e.